The minimum atomic E-state index is -0.626. The second-order valence-corrected chi connectivity index (χ2v) is 6.73. The molecule has 2 nitrogen and oxygen atoms in total. The van der Waals surface area contributed by atoms with Crippen molar-refractivity contribution in [2.24, 2.45) is 4.99 Å². The molecule has 1 aromatic rings. The molecule has 1 unspecified atom stereocenters. The first kappa shape index (κ1) is 14.8. The third kappa shape index (κ3) is 3.48. The molecule has 0 aromatic heterocycles. The Labute approximate surface area is 124 Å². The van der Waals surface area contributed by atoms with E-state index in [4.69, 9.17) is 0 Å². The van der Waals surface area contributed by atoms with Crippen molar-refractivity contribution in [2.45, 2.75) is 32.2 Å². The molecule has 1 aliphatic heterocycles. The highest BCUT2D eigenvalue weighted by atomic mass is 79.9. The first-order chi connectivity index (χ1) is 8.93. The van der Waals surface area contributed by atoms with Crippen LogP contribution in [0, 0.1) is 11.6 Å². The van der Waals surface area contributed by atoms with Crippen LogP contribution < -0.4 is 5.32 Å². The molecular weight excluding hydrogens is 334 g/mol. The maximum atomic E-state index is 13.7. The summed E-state index contributed by atoms with van der Waals surface area (Å²) in [6, 6.07) is 2.47. The molecular formula is C13H15BrF2N2S. The zero-order valence-corrected chi connectivity index (χ0v) is 13.2. The number of aliphatic imine (C=N–C) groups is 1. The molecule has 0 fully saturated rings. The highest BCUT2D eigenvalue weighted by molar-refractivity contribution is 9.10. The second kappa shape index (κ2) is 5.79. The number of halogens is 3. The molecule has 0 aliphatic carbocycles. The van der Waals surface area contributed by atoms with Crippen molar-refractivity contribution in [1.82, 2.24) is 0 Å². The van der Waals surface area contributed by atoms with Gasteiger partial charge in [-0.2, -0.15) is 0 Å². The van der Waals surface area contributed by atoms with E-state index >= 15 is 0 Å². The number of anilines is 1. The van der Waals surface area contributed by atoms with E-state index in [1.54, 1.807) is 0 Å². The monoisotopic (exact) mass is 348 g/mol. The maximum absolute atomic E-state index is 13.7. The van der Waals surface area contributed by atoms with E-state index in [9.17, 15) is 8.78 Å². The average molecular weight is 349 g/mol. The lowest BCUT2D eigenvalue weighted by Gasteiger charge is -2.29. The molecule has 2 rings (SSSR count). The summed E-state index contributed by atoms with van der Waals surface area (Å²) in [5, 5.41) is 3.36. The van der Waals surface area contributed by atoms with Crippen molar-refractivity contribution < 1.29 is 8.78 Å². The predicted molar refractivity (Wildman–Crippen MR) is 80.9 cm³/mol. The van der Waals surface area contributed by atoms with E-state index in [-0.39, 0.29) is 11.2 Å². The molecule has 0 radical (unpaired) electrons. The topological polar surface area (TPSA) is 24.4 Å². The Kier molecular flexibility index (Phi) is 4.50. The lowest BCUT2D eigenvalue weighted by Crippen LogP contribution is -2.30. The van der Waals surface area contributed by atoms with Crippen LogP contribution >= 0.6 is 27.7 Å². The summed E-state index contributed by atoms with van der Waals surface area (Å²) >= 11 is 4.55. The van der Waals surface area contributed by atoms with Crippen LogP contribution in [-0.4, -0.2) is 16.5 Å². The van der Waals surface area contributed by atoms with Gasteiger partial charge in [0.05, 0.1) is 5.54 Å². The molecule has 0 saturated carbocycles. The van der Waals surface area contributed by atoms with Gasteiger partial charge in [0, 0.05) is 10.2 Å². The van der Waals surface area contributed by atoms with E-state index in [0.29, 0.717) is 9.64 Å². The van der Waals surface area contributed by atoms with Gasteiger partial charge in [0.1, 0.15) is 5.69 Å². The van der Waals surface area contributed by atoms with Crippen molar-refractivity contribution in [1.29, 1.82) is 0 Å². The van der Waals surface area contributed by atoms with Gasteiger partial charge in [-0.15, -0.1) is 0 Å². The summed E-state index contributed by atoms with van der Waals surface area (Å²) in [6.45, 7) is 4.13. The van der Waals surface area contributed by atoms with Crippen molar-refractivity contribution in [2.75, 3.05) is 11.1 Å². The van der Waals surface area contributed by atoms with Crippen LogP contribution in [-0.2, 0) is 0 Å². The van der Waals surface area contributed by atoms with Gasteiger partial charge in [-0.25, -0.2) is 8.78 Å². The summed E-state index contributed by atoms with van der Waals surface area (Å²) in [5.41, 5.74) is -0.287. The Morgan fingerprint density at radius 3 is 2.63 bits per heavy atom. The Hall–Kier alpha value is -0.620. The minimum Gasteiger partial charge on any atom is -0.330 e. The van der Waals surface area contributed by atoms with Gasteiger partial charge in [-0.3, -0.25) is 4.99 Å². The van der Waals surface area contributed by atoms with Crippen LogP contribution in [0.1, 0.15) is 26.7 Å². The minimum absolute atomic E-state index is 0.143. The number of thioether (sulfide) groups is 1. The van der Waals surface area contributed by atoms with E-state index in [1.165, 1.54) is 23.9 Å². The second-order valence-electron chi connectivity index (χ2n) is 4.74. The van der Waals surface area contributed by atoms with Gasteiger partial charge in [-0.1, -0.05) is 34.6 Å². The normalized spacial score (nSPS) is 23.1. The van der Waals surface area contributed by atoms with Crippen molar-refractivity contribution in [3.63, 3.8) is 0 Å². The molecule has 1 aliphatic rings. The number of benzene rings is 1. The summed E-state index contributed by atoms with van der Waals surface area (Å²) < 4.78 is 27.9. The number of hydrogen-bond acceptors (Lipinski definition) is 3. The zero-order valence-electron chi connectivity index (χ0n) is 10.8. The standard InChI is InChI=1S/C13H15BrF2N2S/c1-3-13(2)4-5-19-12(18-13)17-11-9(15)6-8(14)7-10(11)16/h6-7H,3-5H2,1-2H3,(H,17,18). The maximum Gasteiger partial charge on any atom is 0.161 e. The summed E-state index contributed by atoms with van der Waals surface area (Å²) in [6.07, 6.45) is 1.88. The van der Waals surface area contributed by atoms with Gasteiger partial charge < -0.3 is 5.32 Å². The number of hydrogen-bond donors (Lipinski definition) is 1. The molecule has 0 bridgehead atoms. The fraction of sp³-hybridized carbons (Fsp3) is 0.462. The third-order valence-electron chi connectivity index (χ3n) is 3.25. The van der Waals surface area contributed by atoms with Gasteiger partial charge in [-0.05, 0) is 31.9 Å². The van der Waals surface area contributed by atoms with E-state index in [1.807, 2.05) is 0 Å². The van der Waals surface area contributed by atoms with Crippen LogP contribution in [0.15, 0.2) is 21.6 Å². The van der Waals surface area contributed by atoms with Crippen LogP contribution in [0.2, 0.25) is 0 Å². The fourth-order valence-corrected chi connectivity index (χ4v) is 3.39. The number of amidine groups is 1. The Morgan fingerprint density at radius 1 is 1.42 bits per heavy atom. The van der Waals surface area contributed by atoms with E-state index < -0.39 is 11.6 Å². The SMILES string of the molecule is CCC1(C)CCSC(Nc2c(F)cc(Br)cc2F)=N1. The van der Waals surface area contributed by atoms with E-state index in [2.05, 4.69) is 40.1 Å². The van der Waals surface area contributed by atoms with Crippen LogP contribution in [0.25, 0.3) is 0 Å². The number of rotatable bonds is 2. The molecule has 0 amide bonds. The smallest absolute Gasteiger partial charge is 0.161 e. The highest BCUT2D eigenvalue weighted by Crippen LogP contribution is 2.31. The highest BCUT2D eigenvalue weighted by Gasteiger charge is 2.26. The van der Waals surface area contributed by atoms with Crippen molar-refractivity contribution in [3.8, 4) is 0 Å². The molecule has 0 spiro atoms. The zero-order chi connectivity index (χ0) is 14.0. The molecule has 19 heavy (non-hydrogen) atoms. The summed E-state index contributed by atoms with van der Waals surface area (Å²) in [5.74, 6) is -0.353. The van der Waals surface area contributed by atoms with Gasteiger partial charge in [0.15, 0.2) is 16.8 Å². The fourth-order valence-electron chi connectivity index (χ4n) is 1.79. The summed E-state index contributed by atoms with van der Waals surface area (Å²) in [7, 11) is 0. The van der Waals surface area contributed by atoms with Gasteiger partial charge in [0.25, 0.3) is 0 Å². The first-order valence-electron chi connectivity index (χ1n) is 6.08. The summed E-state index contributed by atoms with van der Waals surface area (Å²) in [4.78, 5) is 4.56. The molecule has 104 valence electrons. The molecule has 1 heterocycles. The van der Waals surface area contributed by atoms with Crippen molar-refractivity contribution in [3.05, 3.63) is 28.2 Å². The lowest BCUT2D eigenvalue weighted by molar-refractivity contribution is 0.443. The molecule has 1 N–H and O–H groups in total. The van der Waals surface area contributed by atoms with Gasteiger partial charge >= 0.3 is 0 Å². The lowest BCUT2D eigenvalue weighted by atomic mass is 9.97. The molecule has 1 aromatic carbocycles. The van der Waals surface area contributed by atoms with Crippen LogP contribution in [0.5, 0.6) is 0 Å². The predicted octanol–water partition coefficient (Wildman–Crippen LogP) is 4.80. The van der Waals surface area contributed by atoms with Gasteiger partial charge in [0.2, 0.25) is 0 Å². The molecule has 6 heteroatoms. The number of nitrogens with zero attached hydrogens (tertiary/aromatic N) is 1. The molecule has 0 saturated heterocycles. The average Bonchev–Trinajstić information content (AvgIpc) is 2.34. The molecule has 1 atom stereocenters. The Morgan fingerprint density at radius 2 is 2.05 bits per heavy atom. The Bertz CT molecular complexity index is 498. The first-order valence-corrected chi connectivity index (χ1v) is 7.85. The number of nitrogens with one attached hydrogen (secondary N) is 1. The third-order valence-corrected chi connectivity index (χ3v) is 4.58. The van der Waals surface area contributed by atoms with Crippen molar-refractivity contribution >= 4 is 38.5 Å². The van der Waals surface area contributed by atoms with Crippen LogP contribution in [0.3, 0.4) is 0 Å². The van der Waals surface area contributed by atoms with Crippen LogP contribution in [0.4, 0.5) is 14.5 Å². The Balaban J connectivity index is 2.27. The van der Waals surface area contributed by atoms with E-state index in [0.717, 1.165) is 18.6 Å². The quantitative estimate of drug-likeness (QED) is 0.829. The largest absolute Gasteiger partial charge is 0.330 e.